The third kappa shape index (κ3) is 4.64. The van der Waals surface area contributed by atoms with Gasteiger partial charge in [-0.1, -0.05) is 24.3 Å². The van der Waals surface area contributed by atoms with Crippen LogP contribution in [0.2, 0.25) is 0 Å². The van der Waals surface area contributed by atoms with Crippen LogP contribution in [0.1, 0.15) is 22.8 Å². The van der Waals surface area contributed by atoms with Gasteiger partial charge in [-0.15, -0.1) is 0 Å². The Labute approximate surface area is 136 Å². The molecule has 0 heterocycles. The third-order valence-electron chi connectivity index (χ3n) is 3.44. The lowest BCUT2D eigenvalue weighted by molar-refractivity contribution is 0.101. The van der Waals surface area contributed by atoms with E-state index in [-0.39, 0.29) is 17.2 Å². The third-order valence-corrected chi connectivity index (χ3v) is 4.91. The van der Waals surface area contributed by atoms with E-state index in [0.717, 1.165) is 5.56 Å². The molecule has 0 aliphatic rings. The van der Waals surface area contributed by atoms with Crippen molar-refractivity contribution >= 4 is 15.8 Å². The number of Topliss-reactive ketones (excluding diaryl/α,β-unsaturated/α-hetero) is 1. The number of rotatable bonds is 7. The second-order valence-electron chi connectivity index (χ2n) is 5.08. The molecule has 2 rings (SSSR count). The number of carbonyl (C=O) groups is 1. The lowest BCUT2D eigenvalue weighted by Crippen LogP contribution is -2.25. The number of sulfonamides is 1. The number of hydrogen-bond donors (Lipinski definition) is 1. The zero-order chi connectivity index (χ0) is 16.9. The first-order valence-corrected chi connectivity index (χ1v) is 8.64. The van der Waals surface area contributed by atoms with Crippen LogP contribution in [0.5, 0.6) is 5.75 Å². The van der Waals surface area contributed by atoms with E-state index in [1.807, 2.05) is 12.1 Å². The van der Waals surface area contributed by atoms with Crippen LogP contribution < -0.4 is 9.46 Å². The molecule has 0 spiro atoms. The summed E-state index contributed by atoms with van der Waals surface area (Å²) >= 11 is 0. The molecule has 6 heteroatoms. The van der Waals surface area contributed by atoms with Gasteiger partial charge in [0, 0.05) is 12.1 Å². The monoisotopic (exact) mass is 333 g/mol. The summed E-state index contributed by atoms with van der Waals surface area (Å²) in [5.74, 6) is 0.617. The van der Waals surface area contributed by atoms with Gasteiger partial charge in [0.05, 0.1) is 12.0 Å². The van der Waals surface area contributed by atoms with Crippen molar-refractivity contribution in [1.29, 1.82) is 0 Å². The molecule has 0 saturated carbocycles. The van der Waals surface area contributed by atoms with Gasteiger partial charge in [-0.3, -0.25) is 4.79 Å². The molecule has 0 aliphatic carbocycles. The van der Waals surface area contributed by atoms with Crippen LogP contribution in [0.4, 0.5) is 0 Å². The summed E-state index contributed by atoms with van der Waals surface area (Å²) < 4.78 is 31.9. The van der Waals surface area contributed by atoms with Gasteiger partial charge in [-0.05, 0) is 43.2 Å². The fourth-order valence-electron chi connectivity index (χ4n) is 2.07. The van der Waals surface area contributed by atoms with Gasteiger partial charge in [-0.25, -0.2) is 13.1 Å². The molecule has 0 aliphatic heterocycles. The van der Waals surface area contributed by atoms with E-state index in [9.17, 15) is 13.2 Å². The number of methoxy groups -OCH3 is 1. The van der Waals surface area contributed by atoms with E-state index in [1.54, 1.807) is 24.3 Å². The van der Waals surface area contributed by atoms with E-state index in [4.69, 9.17) is 4.74 Å². The summed E-state index contributed by atoms with van der Waals surface area (Å²) in [6, 6.07) is 13.4. The molecule has 5 nitrogen and oxygen atoms in total. The second-order valence-corrected chi connectivity index (χ2v) is 6.84. The first-order valence-electron chi connectivity index (χ1n) is 7.16. The molecule has 1 N–H and O–H groups in total. The number of ether oxygens (including phenoxy) is 1. The maximum absolute atomic E-state index is 12.2. The van der Waals surface area contributed by atoms with Crippen molar-refractivity contribution in [3.8, 4) is 5.75 Å². The smallest absolute Gasteiger partial charge is 0.240 e. The fourth-order valence-corrected chi connectivity index (χ4v) is 3.11. The Kier molecular flexibility index (Phi) is 5.52. The number of nitrogens with one attached hydrogen (secondary N) is 1. The van der Waals surface area contributed by atoms with Crippen molar-refractivity contribution in [3.63, 3.8) is 0 Å². The van der Waals surface area contributed by atoms with Gasteiger partial charge in [0.25, 0.3) is 0 Å². The minimum Gasteiger partial charge on any atom is -0.497 e. The number of hydrogen-bond acceptors (Lipinski definition) is 4. The van der Waals surface area contributed by atoms with E-state index in [0.29, 0.717) is 17.7 Å². The molecule has 0 radical (unpaired) electrons. The van der Waals surface area contributed by atoms with Gasteiger partial charge < -0.3 is 4.74 Å². The highest BCUT2D eigenvalue weighted by Crippen LogP contribution is 2.15. The largest absolute Gasteiger partial charge is 0.497 e. The topological polar surface area (TPSA) is 72.5 Å². The van der Waals surface area contributed by atoms with Gasteiger partial charge in [0.1, 0.15) is 5.75 Å². The van der Waals surface area contributed by atoms with Crippen molar-refractivity contribution in [3.05, 3.63) is 59.7 Å². The van der Waals surface area contributed by atoms with Crippen LogP contribution in [0.25, 0.3) is 0 Å². The average Bonchev–Trinajstić information content (AvgIpc) is 2.55. The predicted octanol–water partition coefficient (Wildman–Crippen LogP) is 2.42. The summed E-state index contributed by atoms with van der Waals surface area (Å²) in [5.41, 5.74) is 1.61. The van der Waals surface area contributed by atoms with Gasteiger partial charge in [0.15, 0.2) is 5.78 Å². The highest BCUT2D eigenvalue weighted by molar-refractivity contribution is 7.89. The molecular weight excluding hydrogens is 314 g/mol. The van der Waals surface area contributed by atoms with Crippen LogP contribution in [-0.4, -0.2) is 27.9 Å². The van der Waals surface area contributed by atoms with Gasteiger partial charge >= 0.3 is 0 Å². The van der Waals surface area contributed by atoms with Crippen molar-refractivity contribution in [2.75, 3.05) is 13.7 Å². The highest BCUT2D eigenvalue weighted by atomic mass is 32.2. The van der Waals surface area contributed by atoms with Crippen LogP contribution in [0, 0.1) is 0 Å². The molecule has 0 unspecified atom stereocenters. The zero-order valence-corrected chi connectivity index (χ0v) is 13.9. The molecule has 0 amide bonds. The molecule has 0 atom stereocenters. The lowest BCUT2D eigenvalue weighted by Gasteiger charge is -2.08. The Morgan fingerprint density at radius 1 is 1.04 bits per heavy atom. The minimum atomic E-state index is -3.54. The standard InChI is InChI=1S/C17H19NO4S/c1-13(19)15-5-3-14(4-6-15)11-12-18-23(20,21)17-9-7-16(22-2)8-10-17/h3-10,18H,11-12H2,1-2H3. The van der Waals surface area contributed by atoms with Gasteiger partial charge in [0.2, 0.25) is 10.0 Å². The zero-order valence-electron chi connectivity index (χ0n) is 13.1. The fraction of sp³-hybridized carbons (Fsp3) is 0.235. The van der Waals surface area contributed by atoms with E-state index >= 15 is 0 Å². The van der Waals surface area contributed by atoms with Crippen molar-refractivity contribution in [2.45, 2.75) is 18.2 Å². The minimum absolute atomic E-state index is 0.0109. The summed E-state index contributed by atoms with van der Waals surface area (Å²) in [7, 11) is -2.01. The second kappa shape index (κ2) is 7.39. The first-order chi connectivity index (χ1) is 10.9. The van der Waals surface area contributed by atoms with Crippen molar-refractivity contribution < 1.29 is 17.9 Å². The summed E-state index contributed by atoms with van der Waals surface area (Å²) in [4.78, 5) is 11.4. The SMILES string of the molecule is COc1ccc(S(=O)(=O)NCCc2ccc(C(C)=O)cc2)cc1. The Morgan fingerprint density at radius 2 is 1.65 bits per heavy atom. The lowest BCUT2D eigenvalue weighted by atomic mass is 10.1. The molecular formula is C17H19NO4S. The normalized spacial score (nSPS) is 11.2. The highest BCUT2D eigenvalue weighted by Gasteiger charge is 2.13. The molecule has 2 aromatic rings. The van der Waals surface area contributed by atoms with E-state index < -0.39 is 10.0 Å². The summed E-state index contributed by atoms with van der Waals surface area (Å²) in [6.45, 7) is 1.80. The predicted molar refractivity (Wildman–Crippen MR) is 88.3 cm³/mol. The van der Waals surface area contributed by atoms with Crippen LogP contribution in [-0.2, 0) is 16.4 Å². The molecule has 2 aromatic carbocycles. The summed E-state index contributed by atoms with van der Waals surface area (Å²) in [6.07, 6.45) is 0.549. The maximum Gasteiger partial charge on any atom is 0.240 e. The Bertz CT molecular complexity index is 765. The number of benzene rings is 2. The average molecular weight is 333 g/mol. The molecule has 0 aromatic heterocycles. The summed E-state index contributed by atoms with van der Waals surface area (Å²) in [5, 5.41) is 0. The Morgan fingerprint density at radius 3 is 2.17 bits per heavy atom. The molecule has 0 fully saturated rings. The van der Waals surface area contributed by atoms with Crippen molar-refractivity contribution in [1.82, 2.24) is 4.72 Å². The molecule has 23 heavy (non-hydrogen) atoms. The Hall–Kier alpha value is -2.18. The Balaban J connectivity index is 1.95. The van der Waals surface area contributed by atoms with E-state index in [1.165, 1.54) is 26.2 Å². The van der Waals surface area contributed by atoms with Crippen molar-refractivity contribution in [2.24, 2.45) is 0 Å². The van der Waals surface area contributed by atoms with Crippen LogP contribution in [0.15, 0.2) is 53.4 Å². The first kappa shape index (κ1) is 17.2. The van der Waals surface area contributed by atoms with Crippen LogP contribution >= 0.6 is 0 Å². The van der Waals surface area contributed by atoms with Crippen LogP contribution in [0.3, 0.4) is 0 Å². The van der Waals surface area contributed by atoms with E-state index in [2.05, 4.69) is 4.72 Å². The molecule has 0 saturated heterocycles. The van der Waals surface area contributed by atoms with Gasteiger partial charge in [-0.2, -0.15) is 0 Å². The molecule has 0 bridgehead atoms. The number of carbonyl (C=O) groups excluding carboxylic acids is 1. The maximum atomic E-state index is 12.2. The number of ketones is 1. The molecule has 122 valence electrons. The quantitative estimate of drug-likeness (QED) is 0.790.